The molecule has 1 unspecified atom stereocenters. The van der Waals surface area contributed by atoms with Crippen LogP contribution >= 0.6 is 24.0 Å². The number of carboxylic acids is 1. The number of thioether (sulfide) groups is 1. The SMILES string of the molecule is Cc1c(C=C2SC(=S)N(CCCCCCCCCCC(=O)O)C2=O)c(N2CCCC(C)C2)n(C)c(=O)c1C#N. The van der Waals surface area contributed by atoms with E-state index in [-0.39, 0.29) is 23.5 Å². The van der Waals surface area contributed by atoms with E-state index in [0.717, 1.165) is 88.7 Å². The zero-order valence-corrected chi connectivity index (χ0v) is 25.0. The largest absolute Gasteiger partial charge is 0.481 e. The Morgan fingerprint density at radius 1 is 1.15 bits per heavy atom. The Labute approximate surface area is 241 Å². The van der Waals surface area contributed by atoms with Crippen molar-refractivity contribution in [2.45, 2.75) is 84.5 Å². The second-order valence-corrected chi connectivity index (χ2v) is 12.4. The Morgan fingerprint density at radius 3 is 2.41 bits per heavy atom. The summed E-state index contributed by atoms with van der Waals surface area (Å²) < 4.78 is 2.10. The van der Waals surface area contributed by atoms with E-state index in [1.54, 1.807) is 23.4 Å². The number of unbranched alkanes of at least 4 members (excludes halogenated alkanes) is 7. The van der Waals surface area contributed by atoms with Crippen molar-refractivity contribution in [1.82, 2.24) is 9.47 Å². The Hall–Kier alpha value is -2.64. The Morgan fingerprint density at radius 2 is 1.79 bits per heavy atom. The summed E-state index contributed by atoms with van der Waals surface area (Å²) in [4.78, 5) is 41.3. The molecule has 0 aliphatic carbocycles. The lowest BCUT2D eigenvalue weighted by atomic mass is 9.98. The van der Waals surface area contributed by atoms with Crippen LogP contribution in [-0.2, 0) is 16.6 Å². The van der Waals surface area contributed by atoms with Crippen molar-refractivity contribution < 1.29 is 14.7 Å². The van der Waals surface area contributed by atoms with Gasteiger partial charge in [-0.1, -0.05) is 69.4 Å². The Balaban J connectivity index is 1.66. The summed E-state index contributed by atoms with van der Waals surface area (Å²) in [5, 5.41) is 18.4. The Kier molecular flexibility index (Phi) is 11.6. The zero-order valence-electron chi connectivity index (χ0n) is 23.3. The van der Waals surface area contributed by atoms with Crippen LogP contribution in [0.15, 0.2) is 9.70 Å². The number of aromatic nitrogens is 1. The van der Waals surface area contributed by atoms with E-state index < -0.39 is 5.97 Å². The van der Waals surface area contributed by atoms with E-state index in [2.05, 4.69) is 17.9 Å². The molecule has 3 heterocycles. The number of thiocarbonyl (C=S) groups is 1. The summed E-state index contributed by atoms with van der Waals surface area (Å²) in [5.74, 6) is 0.409. The van der Waals surface area contributed by atoms with Gasteiger partial charge >= 0.3 is 5.97 Å². The lowest BCUT2D eigenvalue weighted by Crippen LogP contribution is -2.39. The molecule has 10 heteroatoms. The molecular formula is C29H40N4O4S2. The summed E-state index contributed by atoms with van der Waals surface area (Å²) in [6.45, 7) is 6.21. The number of amides is 1. The molecular weight excluding hydrogens is 532 g/mol. The summed E-state index contributed by atoms with van der Waals surface area (Å²) in [6, 6.07) is 2.07. The summed E-state index contributed by atoms with van der Waals surface area (Å²) in [7, 11) is 1.70. The van der Waals surface area contributed by atoms with Crippen LogP contribution in [0.3, 0.4) is 0 Å². The topological polar surface area (TPSA) is 107 Å². The third-order valence-corrected chi connectivity index (χ3v) is 8.97. The minimum absolute atomic E-state index is 0.106. The second kappa shape index (κ2) is 14.7. The van der Waals surface area contributed by atoms with Crippen LogP contribution in [0.1, 0.15) is 94.2 Å². The van der Waals surface area contributed by atoms with E-state index in [4.69, 9.17) is 17.3 Å². The number of pyridine rings is 1. The van der Waals surface area contributed by atoms with Crippen LogP contribution in [0.5, 0.6) is 0 Å². The number of nitriles is 1. The second-order valence-electron chi connectivity index (χ2n) is 10.7. The van der Waals surface area contributed by atoms with Gasteiger partial charge in [-0.05, 0) is 50.2 Å². The molecule has 0 bridgehead atoms. The fourth-order valence-corrected chi connectivity index (χ4v) is 6.70. The number of rotatable bonds is 13. The third-order valence-electron chi connectivity index (χ3n) is 7.60. The molecule has 39 heavy (non-hydrogen) atoms. The summed E-state index contributed by atoms with van der Waals surface area (Å²) >= 11 is 6.84. The van der Waals surface area contributed by atoms with E-state index in [1.807, 2.05) is 6.08 Å². The fourth-order valence-electron chi connectivity index (χ4n) is 5.41. The molecule has 1 aromatic heterocycles. The van der Waals surface area contributed by atoms with Gasteiger partial charge < -0.3 is 10.0 Å². The van der Waals surface area contributed by atoms with Gasteiger partial charge in [-0.3, -0.25) is 23.9 Å². The molecule has 3 rings (SSSR count). The van der Waals surface area contributed by atoms with Gasteiger partial charge in [0.2, 0.25) is 0 Å². The molecule has 2 fully saturated rings. The van der Waals surface area contributed by atoms with Crippen LogP contribution in [0.2, 0.25) is 0 Å². The highest BCUT2D eigenvalue weighted by Crippen LogP contribution is 2.36. The minimum atomic E-state index is -0.728. The normalized spacial score (nSPS) is 18.7. The minimum Gasteiger partial charge on any atom is -0.481 e. The van der Waals surface area contributed by atoms with Gasteiger partial charge in [0, 0.05) is 38.7 Å². The molecule has 0 radical (unpaired) electrons. The van der Waals surface area contributed by atoms with Crippen molar-refractivity contribution in [3.8, 4) is 6.07 Å². The van der Waals surface area contributed by atoms with Gasteiger partial charge in [0.15, 0.2) is 0 Å². The maximum absolute atomic E-state index is 13.4. The molecule has 0 saturated carbocycles. The first kappa shape index (κ1) is 30.9. The molecule has 1 atom stereocenters. The zero-order chi connectivity index (χ0) is 28.5. The van der Waals surface area contributed by atoms with Gasteiger partial charge in [0.1, 0.15) is 21.8 Å². The molecule has 1 amide bonds. The first-order valence-electron chi connectivity index (χ1n) is 14.0. The highest BCUT2D eigenvalue weighted by molar-refractivity contribution is 8.26. The standard InChI is InChI=1S/C29H40N4O4S2/c1-20-13-12-15-32(19-20)26-22(21(2)23(18-30)27(36)31(26)3)17-24-28(37)33(29(38)39-24)16-11-9-7-5-4-6-8-10-14-25(34)35/h17,20H,4-16,19H2,1-3H3,(H,34,35). The first-order valence-corrected chi connectivity index (χ1v) is 15.2. The average molecular weight is 573 g/mol. The highest BCUT2D eigenvalue weighted by Gasteiger charge is 2.33. The fraction of sp³-hybridized carbons (Fsp3) is 0.621. The Bertz CT molecular complexity index is 1220. The predicted octanol–water partition coefficient (Wildman–Crippen LogP) is 5.60. The average Bonchev–Trinajstić information content (AvgIpc) is 3.15. The molecule has 212 valence electrons. The van der Waals surface area contributed by atoms with Gasteiger partial charge in [0.25, 0.3) is 11.5 Å². The van der Waals surface area contributed by atoms with E-state index in [0.29, 0.717) is 27.3 Å². The number of carbonyl (C=O) groups excluding carboxylic acids is 1. The molecule has 1 N–H and O–H groups in total. The maximum Gasteiger partial charge on any atom is 0.303 e. The van der Waals surface area contributed by atoms with Gasteiger partial charge in [-0.15, -0.1) is 0 Å². The predicted molar refractivity (Wildman–Crippen MR) is 161 cm³/mol. The van der Waals surface area contributed by atoms with Crippen LogP contribution in [-0.4, -0.2) is 50.4 Å². The quantitative estimate of drug-likeness (QED) is 0.185. The van der Waals surface area contributed by atoms with Crippen LogP contribution in [0.4, 0.5) is 5.82 Å². The van der Waals surface area contributed by atoms with Crippen molar-refractivity contribution in [1.29, 1.82) is 5.26 Å². The number of aliphatic carboxylic acids is 1. The number of carbonyl (C=O) groups is 2. The molecule has 2 saturated heterocycles. The molecule has 0 spiro atoms. The number of hydrogen-bond donors (Lipinski definition) is 1. The number of hydrogen-bond acceptors (Lipinski definition) is 7. The van der Waals surface area contributed by atoms with Crippen molar-refractivity contribution >= 4 is 52.1 Å². The van der Waals surface area contributed by atoms with Crippen LogP contribution in [0.25, 0.3) is 6.08 Å². The lowest BCUT2D eigenvalue weighted by molar-refractivity contribution is -0.137. The monoisotopic (exact) mass is 572 g/mol. The van der Waals surface area contributed by atoms with Crippen molar-refractivity contribution in [3.05, 3.63) is 31.9 Å². The third kappa shape index (κ3) is 7.95. The number of nitrogens with zero attached hydrogens (tertiary/aromatic N) is 4. The van der Waals surface area contributed by atoms with Crippen molar-refractivity contribution in [2.24, 2.45) is 13.0 Å². The van der Waals surface area contributed by atoms with Crippen molar-refractivity contribution in [3.63, 3.8) is 0 Å². The maximum atomic E-state index is 13.4. The number of anilines is 1. The van der Waals surface area contributed by atoms with Gasteiger partial charge in [-0.25, -0.2) is 0 Å². The van der Waals surface area contributed by atoms with Crippen molar-refractivity contribution in [2.75, 3.05) is 24.5 Å². The molecule has 8 nitrogen and oxygen atoms in total. The molecule has 0 aromatic carbocycles. The van der Waals surface area contributed by atoms with E-state index >= 15 is 0 Å². The molecule has 1 aromatic rings. The number of carboxylic acid groups (broad SMARTS) is 1. The first-order chi connectivity index (χ1) is 18.6. The smallest absolute Gasteiger partial charge is 0.303 e. The van der Waals surface area contributed by atoms with Gasteiger partial charge in [0.05, 0.1) is 4.91 Å². The number of piperidine rings is 1. The molecule has 2 aliphatic rings. The van der Waals surface area contributed by atoms with Gasteiger partial charge in [-0.2, -0.15) is 5.26 Å². The summed E-state index contributed by atoms with van der Waals surface area (Å²) in [6.07, 6.45) is 12.2. The van der Waals surface area contributed by atoms with Crippen LogP contribution in [0, 0.1) is 24.2 Å². The summed E-state index contributed by atoms with van der Waals surface area (Å²) in [5.41, 5.74) is 1.14. The molecule has 2 aliphatic heterocycles. The lowest BCUT2D eigenvalue weighted by Gasteiger charge is -2.35. The highest BCUT2D eigenvalue weighted by atomic mass is 32.2. The van der Waals surface area contributed by atoms with E-state index in [9.17, 15) is 19.6 Å². The van der Waals surface area contributed by atoms with Crippen LogP contribution < -0.4 is 10.5 Å². The van der Waals surface area contributed by atoms with E-state index in [1.165, 1.54) is 11.8 Å².